The zero-order valence-corrected chi connectivity index (χ0v) is 12.6. The van der Waals surface area contributed by atoms with Crippen LogP contribution in [-0.2, 0) is 4.74 Å². The average Bonchev–Trinajstić information content (AvgIpc) is 2.38. The lowest BCUT2D eigenvalue weighted by atomic mass is 10.2. The van der Waals surface area contributed by atoms with Gasteiger partial charge in [0.2, 0.25) is 0 Å². The normalized spacial score (nSPS) is 22.0. The van der Waals surface area contributed by atoms with Gasteiger partial charge in [-0.3, -0.25) is 4.90 Å². The molecule has 0 spiro atoms. The molecule has 18 heavy (non-hydrogen) atoms. The molecule has 4 heteroatoms. The van der Waals surface area contributed by atoms with Crippen molar-refractivity contribution in [2.75, 3.05) is 52.9 Å². The topological polar surface area (TPSA) is 27.7 Å². The van der Waals surface area contributed by atoms with Crippen molar-refractivity contribution in [3.63, 3.8) is 0 Å². The number of nitrogens with one attached hydrogen (secondary N) is 1. The molecule has 4 nitrogen and oxygen atoms in total. The number of ether oxygens (including phenoxy) is 1. The van der Waals surface area contributed by atoms with Crippen molar-refractivity contribution in [1.82, 2.24) is 15.1 Å². The molecule has 0 radical (unpaired) electrons. The fourth-order valence-electron chi connectivity index (χ4n) is 2.17. The molecule has 0 aromatic carbocycles. The second-order valence-electron chi connectivity index (χ2n) is 5.52. The molecule has 1 N–H and O–H groups in total. The van der Waals surface area contributed by atoms with Crippen LogP contribution in [-0.4, -0.2) is 74.9 Å². The van der Waals surface area contributed by atoms with Crippen molar-refractivity contribution in [2.45, 2.75) is 39.3 Å². The number of likely N-dealkylation sites (N-methyl/N-ethyl adjacent to an activating group) is 1. The van der Waals surface area contributed by atoms with E-state index in [0.29, 0.717) is 12.1 Å². The molecule has 0 amide bonds. The lowest BCUT2D eigenvalue weighted by molar-refractivity contribution is -0.0252. The highest BCUT2D eigenvalue weighted by molar-refractivity contribution is 4.72. The molecule has 1 aliphatic heterocycles. The summed E-state index contributed by atoms with van der Waals surface area (Å²) in [6.45, 7) is 14.1. The van der Waals surface area contributed by atoms with Crippen LogP contribution in [0.25, 0.3) is 0 Å². The zero-order chi connectivity index (χ0) is 13.4. The largest absolute Gasteiger partial charge is 0.374 e. The highest BCUT2D eigenvalue weighted by atomic mass is 16.5. The van der Waals surface area contributed by atoms with Crippen molar-refractivity contribution >= 4 is 0 Å². The van der Waals surface area contributed by atoms with Crippen molar-refractivity contribution in [3.8, 4) is 0 Å². The van der Waals surface area contributed by atoms with Gasteiger partial charge in [-0.1, -0.05) is 6.92 Å². The van der Waals surface area contributed by atoms with Crippen molar-refractivity contribution in [2.24, 2.45) is 0 Å². The van der Waals surface area contributed by atoms with Crippen LogP contribution in [0.5, 0.6) is 0 Å². The monoisotopic (exact) mass is 257 g/mol. The van der Waals surface area contributed by atoms with Gasteiger partial charge in [0.25, 0.3) is 0 Å². The number of morpholine rings is 1. The second-order valence-corrected chi connectivity index (χ2v) is 5.52. The van der Waals surface area contributed by atoms with E-state index >= 15 is 0 Å². The summed E-state index contributed by atoms with van der Waals surface area (Å²) in [4.78, 5) is 4.85. The molecule has 0 bridgehead atoms. The summed E-state index contributed by atoms with van der Waals surface area (Å²) in [5.74, 6) is 0. The molecule has 0 aromatic rings. The highest BCUT2D eigenvalue weighted by Crippen LogP contribution is 2.03. The summed E-state index contributed by atoms with van der Waals surface area (Å²) in [7, 11) is 2.19. The quantitative estimate of drug-likeness (QED) is 0.657. The van der Waals surface area contributed by atoms with E-state index in [1.54, 1.807) is 0 Å². The molecule has 1 fully saturated rings. The van der Waals surface area contributed by atoms with E-state index in [4.69, 9.17) is 4.74 Å². The fourth-order valence-corrected chi connectivity index (χ4v) is 2.17. The summed E-state index contributed by atoms with van der Waals surface area (Å²) in [5, 5.41) is 3.52. The molecule has 1 saturated heterocycles. The number of hydrogen-bond donors (Lipinski definition) is 1. The third kappa shape index (κ3) is 6.14. The Bertz CT molecular complexity index is 211. The molecular weight excluding hydrogens is 226 g/mol. The van der Waals surface area contributed by atoms with Gasteiger partial charge in [0.15, 0.2) is 0 Å². The Morgan fingerprint density at radius 3 is 2.89 bits per heavy atom. The van der Waals surface area contributed by atoms with Crippen LogP contribution in [0.3, 0.4) is 0 Å². The minimum atomic E-state index is 0.376. The Morgan fingerprint density at radius 1 is 1.44 bits per heavy atom. The summed E-state index contributed by atoms with van der Waals surface area (Å²) in [6.07, 6.45) is 1.58. The molecule has 0 aromatic heterocycles. The molecule has 1 unspecified atom stereocenters. The SMILES string of the molecule is CCN1CCOC(CNCCCN(C)C(C)C)C1. The maximum absolute atomic E-state index is 5.76. The maximum atomic E-state index is 5.76. The van der Waals surface area contributed by atoms with E-state index in [-0.39, 0.29) is 0 Å². The molecule has 108 valence electrons. The van der Waals surface area contributed by atoms with E-state index in [9.17, 15) is 0 Å². The molecule has 1 atom stereocenters. The summed E-state index contributed by atoms with van der Waals surface area (Å²) < 4.78 is 5.76. The lowest BCUT2D eigenvalue weighted by Crippen LogP contribution is -2.46. The fraction of sp³-hybridized carbons (Fsp3) is 1.00. The minimum Gasteiger partial charge on any atom is -0.374 e. The summed E-state index contributed by atoms with van der Waals surface area (Å²) in [5.41, 5.74) is 0. The smallest absolute Gasteiger partial charge is 0.0826 e. The standard InChI is InChI=1S/C14H31N3O/c1-5-17-9-10-18-14(12-17)11-15-7-6-8-16(4)13(2)3/h13-15H,5-12H2,1-4H3. The Labute approximate surface area is 113 Å². The van der Waals surface area contributed by atoms with Gasteiger partial charge >= 0.3 is 0 Å². The third-order valence-electron chi connectivity index (χ3n) is 3.79. The van der Waals surface area contributed by atoms with E-state index in [1.165, 1.54) is 6.42 Å². The molecule has 0 aliphatic carbocycles. The van der Waals surface area contributed by atoms with Crippen LogP contribution in [0, 0.1) is 0 Å². The van der Waals surface area contributed by atoms with Gasteiger partial charge in [0.1, 0.15) is 0 Å². The second kappa shape index (κ2) is 8.86. The number of nitrogens with zero attached hydrogens (tertiary/aromatic N) is 2. The van der Waals surface area contributed by atoms with Gasteiger partial charge in [0.05, 0.1) is 12.7 Å². The van der Waals surface area contributed by atoms with E-state index < -0.39 is 0 Å². The van der Waals surface area contributed by atoms with Crippen LogP contribution < -0.4 is 5.32 Å². The highest BCUT2D eigenvalue weighted by Gasteiger charge is 2.18. The van der Waals surface area contributed by atoms with Crippen molar-refractivity contribution in [1.29, 1.82) is 0 Å². The van der Waals surface area contributed by atoms with Crippen LogP contribution in [0.4, 0.5) is 0 Å². The predicted molar refractivity (Wildman–Crippen MR) is 77.1 cm³/mol. The first-order valence-electron chi connectivity index (χ1n) is 7.38. The molecule has 1 aliphatic rings. The minimum absolute atomic E-state index is 0.376. The van der Waals surface area contributed by atoms with Crippen LogP contribution in [0.2, 0.25) is 0 Å². The molecule has 1 rings (SSSR count). The van der Waals surface area contributed by atoms with Crippen LogP contribution in [0.15, 0.2) is 0 Å². The van der Waals surface area contributed by atoms with E-state index in [1.807, 2.05) is 0 Å². The summed E-state index contributed by atoms with van der Waals surface area (Å²) >= 11 is 0. The molecular formula is C14H31N3O. The first kappa shape index (κ1) is 15.9. The molecule has 1 heterocycles. The van der Waals surface area contributed by atoms with Gasteiger partial charge in [0, 0.05) is 25.7 Å². The molecule has 0 saturated carbocycles. The van der Waals surface area contributed by atoms with Crippen LogP contribution in [0.1, 0.15) is 27.2 Å². The number of rotatable bonds is 8. The first-order valence-corrected chi connectivity index (χ1v) is 7.38. The third-order valence-corrected chi connectivity index (χ3v) is 3.79. The van der Waals surface area contributed by atoms with E-state index in [0.717, 1.165) is 45.9 Å². The van der Waals surface area contributed by atoms with Gasteiger partial charge in [-0.25, -0.2) is 0 Å². The Morgan fingerprint density at radius 2 is 2.22 bits per heavy atom. The summed E-state index contributed by atoms with van der Waals surface area (Å²) in [6, 6.07) is 0.643. The number of hydrogen-bond acceptors (Lipinski definition) is 4. The first-order chi connectivity index (χ1) is 8.63. The van der Waals surface area contributed by atoms with Crippen molar-refractivity contribution < 1.29 is 4.74 Å². The lowest BCUT2D eigenvalue weighted by Gasteiger charge is -2.32. The van der Waals surface area contributed by atoms with E-state index in [2.05, 4.69) is 42.9 Å². The van der Waals surface area contributed by atoms with Gasteiger partial charge in [-0.15, -0.1) is 0 Å². The van der Waals surface area contributed by atoms with Gasteiger partial charge < -0.3 is 15.0 Å². The van der Waals surface area contributed by atoms with Crippen molar-refractivity contribution in [3.05, 3.63) is 0 Å². The van der Waals surface area contributed by atoms with Gasteiger partial charge in [-0.05, 0) is 47.0 Å². The Kier molecular flexibility index (Phi) is 7.82. The zero-order valence-electron chi connectivity index (χ0n) is 12.6. The van der Waals surface area contributed by atoms with Gasteiger partial charge in [-0.2, -0.15) is 0 Å². The average molecular weight is 257 g/mol. The Hall–Kier alpha value is -0.160. The Balaban J connectivity index is 2.00. The predicted octanol–water partition coefficient (Wildman–Crippen LogP) is 1.03. The maximum Gasteiger partial charge on any atom is 0.0826 e. The van der Waals surface area contributed by atoms with Crippen LogP contribution >= 0.6 is 0 Å².